The van der Waals surface area contributed by atoms with Crippen molar-refractivity contribution < 1.29 is 18.3 Å². The average Bonchev–Trinajstić information content (AvgIpc) is 3.07. The van der Waals surface area contributed by atoms with Gasteiger partial charge in [-0.15, -0.1) is 0 Å². The van der Waals surface area contributed by atoms with Gasteiger partial charge in [-0.25, -0.2) is 4.39 Å². The van der Waals surface area contributed by atoms with Crippen molar-refractivity contribution in [3.63, 3.8) is 0 Å². The molecule has 1 amide bonds. The van der Waals surface area contributed by atoms with E-state index in [1.807, 2.05) is 24.3 Å². The summed E-state index contributed by atoms with van der Waals surface area (Å²) in [6.07, 6.45) is 0. The van der Waals surface area contributed by atoms with Gasteiger partial charge in [0.05, 0.1) is 24.1 Å². The van der Waals surface area contributed by atoms with Crippen molar-refractivity contribution in [3.8, 4) is 5.75 Å². The Morgan fingerprint density at radius 3 is 2.39 bits per heavy atom. The highest BCUT2D eigenvalue weighted by atomic mass is 19.1. The number of para-hydroxylation sites is 1. The molecule has 4 aromatic rings. The van der Waals surface area contributed by atoms with Crippen LogP contribution in [0.3, 0.4) is 0 Å². The third-order valence-electron chi connectivity index (χ3n) is 5.57. The predicted octanol–water partition coefficient (Wildman–Crippen LogP) is 4.69. The SMILES string of the molecule is COc1ccc(CN2C(=O)c3oc4ccccc4c(=O)c3[C@@H]2c2ccc(F)cc2)cc1. The third kappa shape index (κ3) is 3.17. The predicted molar refractivity (Wildman–Crippen MR) is 114 cm³/mol. The van der Waals surface area contributed by atoms with E-state index in [2.05, 4.69) is 0 Å². The average molecular weight is 415 g/mol. The Balaban J connectivity index is 1.67. The summed E-state index contributed by atoms with van der Waals surface area (Å²) in [4.78, 5) is 28.3. The summed E-state index contributed by atoms with van der Waals surface area (Å²) in [5.74, 6) is -0.0203. The first kappa shape index (κ1) is 19.1. The van der Waals surface area contributed by atoms with E-state index in [-0.39, 0.29) is 35.0 Å². The van der Waals surface area contributed by atoms with E-state index in [0.717, 1.165) is 5.56 Å². The Labute approximate surface area is 177 Å². The molecule has 1 aromatic heterocycles. The summed E-state index contributed by atoms with van der Waals surface area (Å²) in [6, 6.07) is 19.4. The molecule has 1 aliphatic rings. The van der Waals surface area contributed by atoms with E-state index in [1.165, 1.54) is 12.1 Å². The Morgan fingerprint density at radius 1 is 0.968 bits per heavy atom. The van der Waals surface area contributed by atoms with Gasteiger partial charge in [-0.3, -0.25) is 9.59 Å². The Bertz CT molecular complexity index is 1340. The molecule has 0 bridgehead atoms. The highest BCUT2D eigenvalue weighted by molar-refractivity contribution is 5.99. The molecule has 5 rings (SSSR count). The van der Waals surface area contributed by atoms with Crippen LogP contribution in [0.4, 0.5) is 4.39 Å². The molecule has 31 heavy (non-hydrogen) atoms. The summed E-state index contributed by atoms with van der Waals surface area (Å²) < 4.78 is 24.7. The number of ether oxygens (including phenoxy) is 1. The van der Waals surface area contributed by atoms with Crippen molar-refractivity contribution in [1.82, 2.24) is 4.90 Å². The molecule has 0 spiro atoms. The maximum atomic E-state index is 13.6. The zero-order valence-corrected chi connectivity index (χ0v) is 16.7. The maximum Gasteiger partial charge on any atom is 0.291 e. The topological polar surface area (TPSA) is 59.8 Å². The summed E-state index contributed by atoms with van der Waals surface area (Å²) in [6.45, 7) is 0.255. The number of rotatable bonds is 4. The van der Waals surface area contributed by atoms with E-state index >= 15 is 0 Å². The van der Waals surface area contributed by atoms with Crippen LogP contribution in [-0.4, -0.2) is 17.9 Å². The van der Waals surface area contributed by atoms with Crippen LogP contribution in [0.15, 0.2) is 82.0 Å². The fraction of sp³-hybridized carbons (Fsp3) is 0.120. The van der Waals surface area contributed by atoms with Crippen molar-refractivity contribution in [2.75, 3.05) is 7.11 Å². The molecule has 0 saturated heterocycles. The van der Waals surface area contributed by atoms with E-state index in [4.69, 9.17) is 9.15 Å². The highest BCUT2D eigenvalue weighted by Gasteiger charge is 2.42. The lowest BCUT2D eigenvalue weighted by atomic mass is 9.98. The number of carbonyl (C=O) groups is 1. The van der Waals surface area contributed by atoms with Crippen molar-refractivity contribution in [2.24, 2.45) is 0 Å². The first-order chi connectivity index (χ1) is 15.1. The van der Waals surface area contributed by atoms with Crippen LogP contribution in [0.1, 0.15) is 33.3 Å². The third-order valence-corrected chi connectivity index (χ3v) is 5.57. The Morgan fingerprint density at radius 2 is 1.68 bits per heavy atom. The second-order valence-electron chi connectivity index (χ2n) is 7.41. The van der Waals surface area contributed by atoms with E-state index in [1.54, 1.807) is 48.4 Å². The van der Waals surface area contributed by atoms with Gasteiger partial charge in [-0.2, -0.15) is 0 Å². The summed E-state index contributed by atoms with van der Waals surface area (Å²) >= 11 is 0. The van der Waals surface area contributed by atoms with Crippen molar-refractivity contribution in [2.45, 2.75) is 12.6 Å². The number of fused-ring (bicyclic) bond motifs is 2. The number of methoxy groups -OCH3 is 1. The number of hydrogen-bond donors (Lipinski definition) is 0. The molecule has 5 nitrogen and oxygen atoms in total. The molecule has 154 valence electrons. The number of carbonyl (C=O) groups excluding carboxylic acids is 1. The standard InChI is InChI=1S/C25H18FNO4/c1-30-18-12-6-15(7-13-18)14-27-22(16-8-10-17(26)11-9-16)21-23(28)19-4-2-3-5-20(19)31-24(21)25(27)29/h2-13,22H,14H2,1H3/t22-/m0/s1. The molecule has 2 heterocycles. The minimum Gasteiger partial charge on any atom is -0.497 e. The molecule has 0 unspecified atom stereocenters. The highest BCUT2D eigenvalue weighted by Crippen LogP contribution is 2.39. The Kier molecular flexibility index (Phi) is 4.55. The molecule has 1 aliphatic heterocycles. The minimum atomic E-state index is -0.675. The summed E-state index contributed by atoms with van der Waals surface area (Å²) in [5, 5.41) is 0.410. The van der Waals surface area contributed by atoms with Gasteiger partial charge in [-0.1, -0.05) is 36.4 Å². The van der Waals surface area contributed by atoms with Crippen LogP contribution in [0.25, 0.3) is 11.0 Å². The minimum absolute atomic E-state index is 0.0338. The zero-order chi connectivity index (χ0) is 21.5. The number of nitrogens with zero attached hydrogens (tertiary/aromatic N) is 1. The van der Waals surface area contributed by atoms with Crippen LogP contribution < -0.4 is 10.2 Å². The van der Waals surface area contributed by atoms with Gasteiger partial charge in [0, 0.05) is 6.54 Å². The maximum absolute atomic E-state index is 13.6. The van der Waals surface area contributed by atoms with Crippen LogP contribution in [0, 0.1) is 5.82 Å². The monoisotopic (exact) mass is 415 g/mol. The van der Waals surface area contributed by atoms with Crippen molar-refractivity contribution in [1.29, 1.82) is 0 Å². The molecule has 0 saturated carbocycles. The van der Waals surface area contributed by atoms with Gasteiger partial charge >= 0.3 is 0 Å². The molecule has 6 heteroatoms. The smallest absolute Gasteiger partial charge is 0.291 e. The van der Waals surface area contributed by atoms with Crippen LogP contribution in [-0.2, 0) is 6.54 Å². The fourth-order valence-electron chi connectivity index (χ4n) is 4.05. The van der Waals surface area contributed by atoms with Gasteiger partial charge in [0.2, 0.25) is 5.76 Å². The molecule has 0 fully saturated rings. The van der Waals surface area contributed by atoms with Gasteiger partial charge < -0.3 is 14.1 Å². The number of hydrogen-bond acceptors (Lipinski definition) is 4. The van der Waals surface area contributed by atoms with Crippen LogP contribution >= 0.6 is 0 Å². The lowest BCUT2D eigenvalue weighted by molar-refractivity contribution is 0.0714. The lowest BCUT2D eigenvalue weighted by Crippen LogP contribution is -2.29. The summed E-state index contributed by atoms with van der Waals surface area (Å²) in [5.41, 5.74) is 1.90. The van der Waals surface area contributed by atoms with Gasteiger partial charge in [0.25, 0.3) is 5.91 Å². The van der Waals surface area contributed by atoms with Gasteiger partial charge in [0.1, 0.15) is 17.1 Å². The largest absolute Gasteiger partial charge is 0.497 e. The zero-order valence-electron chi connectivity index (χ0n) is 16.7. The van der Waals surface area contributed by atoms with Crippen LogP contribution in [0.5, 0.6) is 5.75 Å². The first-order valence-electron chi connectivity index (χ1n) is 9.82. The molecular weight excluding hydrogens is 397 g/mol. The molecule has 0 aliphatic carbocycles. The van der Waals surface area contributed by atoms with E-state index < -0.39 is 6.04 Å². The normalized spacial score (nSPS) is 15.4. The molecule has 0 radical (unpaired) electrons. The number of amides is 1. The second-order valence-corrected chi connectivity index (χ2v) is 7.41. The first-order valence-corrected chi connectivity index (χ1v) is 9.82. The van der Waals surface area contributed by atoms with E-state index in [9.17, 15) is 14.0 Å². The number of halogens is 1. The van der Waals surface area contributed by atoms with Gasteiger partial charge in [0.15, 0.2) is 5.43 Å². The molecule has 3 aromatic carbocycles. The number of benzene rings is 3. The Hall–Kier alpha value is -3.93. The molecule has 1 atom stereocenters. The fourth-order valence-corrected chi connectivity index (χ4v) is 4.05. The second kappa shape index (κ2) is 7.40. The quantitative estimate of drug-likeness (QED) is 0.485. The van der Waals surface area contributed by atoms with E-state index in [0.29, 0.717) is 22.3 Å². The van der Waals surface area contributed by atoms with Crippen molar-refractivity contribution >= 4 is 16.9 Å². The molecular formula is C25H18FNO4. The summed E-state index contributed by atoms with van der Waals surface area (Å²) in [7, 11) is 1.59. The lowest BCUT2D eigenvalue weighted by Gasteiger charge is -2.25. The van der Waals surface area contributed by atoms with Crippen molar-refractivity contribution in [3.05, 3.63) is 111 Å². The van der Waals surface area contributed by atoms with Gasteiger partial charge in [-0.05, 0) is 47.5 Å². The van der Waals surface area contributed by atoms with Crippen LogP contribution in [0.2, 0.25) is 0 Å². The molecule has 0 N–H and O–H groups in total.